The molecule has 6 heteroatoms. The summed E-state index contributed by atoms with van der Waals surface area (Å²) < 4.78 is 22.1. The molecule has 0 saturated heterocycles. The van der Waals surface area contributed by atoms with Crippen LogP contribution in [0.25, 0.3) is 11.3 Å². The number of aromatic nitrogens is 2. The summed E-state index contributed by atoms with van der Waals surface area (Å²) in [7, 11) is 1.81. The van der Waals surface area contributed by atoms with Gasteiger partial charge in [-0.1, -0.05) is 62.2 Å². The minimum absolute atomic E-state index is 0.162. The number of ether oxygens (including phenoxy) is 1. The number of aliphatic hydroxyl groups excluding tert-OH is 1. The van der Waals surface area contributed by atoms with Crippen LogP contribution in [0.1, 0.15) is 45.6 Å². The summed E-state index contributed by atoms with van der Waals surface area (Å²) >= 11 is 0. The van der Waals surface area contributed by atoms with E-state index in [9.17, 15) is 9.50 Å². The fourth-order valence-corrected chi connectivity index (χ4v) is 3.74. The molecule has 1 unspecified atom stereocenters. The number of rotatable bonds is 11. The van der Waals surface area contributed by atoms with Crippen LogP contribution in [0.5, 0.6) is 11.6 Å². The number of aryl methyl sites for hydroxylation is 1. The van der Waals surface area contributed by atoms with E-state index < -0.39 is 11.9 Å². The van der Waals surface area contributed by atoms with E-state index in [1.807, 2.05) is 37.4 Å². The van der Waals surface area contributed by atoms with E-state index in [1.54, 1.807) is 22.9 Å². The summed E-state index contributed by atoms with van der Waals surface area (Å²) in [5.74, 6) is 0.245. The molecular formula is C26H34FN3O2. The monoisotopic (exact) mass is 439 g/mol. The van der Waals surface area contributed by atoms with Gasteiger partial charge in [-0.25, -0.2) is 9.07 Å². The van der Waals surface area contributed by atoms with Gasteiger partial charge in [0.05, 0.1) is 11.7 Å². The van der Waals surface area contributed by atoms with Gasteiger partial charge >= 0.3 is 0 Å². The van der Waals surface area contributed by atoms with Crippen LogP contribution in [0, 0.1) is 5.82 Å². The zero-order valence-electron chi connectivity index (χ0n) is 19.5. The number of hydrogen-bond acceptors (Lipinski definition) is 4. The fourth-order valence-electron chi connectivity index (χ4n) is 3.74. The lowest BCUT2D eigenvalue weighted by Crippen LogP contribution is -2.37. The number of aliphatic hydroxyl groups is 1. The number of hydrogen-bond donors (Lipinski definition) is 1. The molecule has 0 spiro atoms. The summed E-state index contributed by atoms with van der Waals surface area (Å²) in [5.41, 5.74) is 2.64. The highest BCUT2D eigenvalue weighted by Gasteiger charge is 2.25. The molecule has 1 heterocycles. The average molecular weight is 440 g/mol. The zero-order chi connectivity index (χ0) is 23.1. The van der Waals surface area contributed by atoms with Crippen LogP contribution in [0.4, 0.5) is 4.39 Å². The lowest BCUT2D eigenvalue weighted by Gasteiger charge is -2.29. The summed E-state index contributed by atoms with van der Waals surface area (Å²) in [4.78, 5) is 2.22. The first-order chi connectivity index (χ1) is 15.4. The molecule has 5 nitrogen and oxygen atoms in total. The number of unbranched alkanes of at least 4 members (excludes halogenated alkanes) is 1. The first-order valence-electron chi connectivity index (χ1n) is 11.4. The first kappa shape index (κ1) is 24.0. The summed E-state index contributed by atoms with van der Waals surface area (Å²) in [6, 6.07) is 16.5. The van der Waals surface area contributed by atoms with E-state index >= 15 is 0 Å². The second-order valence-electron chi connectivity index (χ2n) is 8.47. The maximum absolute atomic E-state index is 14.4. The molecule has 32 heavy (non-hydrogen) atoms. The predicted molar refractivity (Wildman–Crippen MR) is 126 cm³/mol. The van der Waals surface area contributed by atoms with Crippen LogP contribution in [0.15, 0.2) is 54.6 Å². The Morgan fingerprint density at radius 2 is 1.78 bits per heavy atom. The molecule has 0 radical (unpaired) electrons. The van der Waals surface area contributed by atoms with Gasteiger partial charge in [0.1, 0.15) is 5.69 Å². The Morgan fingerprint density at radius 3 is 2.44 bits per heavy atom. The third-order valence-corrected chi connectivity index (χ3v) is 5.61. The van der Waals surface area contributed by atoms with Crippen LogP contribution in [0.2, 0.25) is 0 Å². The molecule has 172 valence electrons. The SMILES string of the molecule is CCCCC(O)CN(Cc1c(-c2ccccc2)nn(C)c1Oc1ccccc1F)C(C)C. The molecule has 1 N–H and O–H groups in total. The van der Waals surface area contributed by atoms with E-state index in [2.05, 4.69) is 25.7 Å². The number of benzene rings is 2. The smallest absolute Gasteiger partial charge is 0.222 e. The lowest BCUT2D eigenvalue weighted by atomic mass is 10.1. The second-order valence-corrected chi connectivity index (χ2v) is 8.47. The zero-order valence-corrected chi connectivity index (χ0v) is 19.5. The van der Waals surface area contributed by atoms with E-state index in [-0.39, 0.29) is 11.8 Å². The summed E-state index contributed by atoms with van der Waals surface area (Å²) in [5, 5.41) is 15.3. The van der Waals surface area contributed by atoms with Crippen LogP contribution in [0.3, 0.4) is 0 Å². The Kier molecular flexibility index (Phi) is 8.42. The van der Waals surface area contributed by atoms with Crippen molar-refractivity contribution in [2.24, 2.45) is 7.05 Å². The van der Waals surface area contributed by atoms with Crippen LogP contribution in [-0.4, -0.2) is 38.5 Å². The average Bonchev–Trinajstić information content (AvgIpc) is 3.09. The standard InChI is InChI=1S/C26H34FN3O2/c1-5-6-14-21(31)17-30(19(2)3)18-22-25(20-12-8-7-9-13-20)28-29(4)26(22)32-24-16-11-10-15-23(24)27/h7-13,15-16,19,21,31H,5-6,14,17-18H2,1-4H3. The van der Waals surface area contributed by atoms with Crippen molar-refractivity contribution in [2.45, 2.75) is 58.7 Å². The third-order valence-electron chi connectivity index (χ3n) is 5.61. The van der Waals surface area contributed by atoms with Gasteiger partial charge < -0.3 is 9.84 Å². The Balaban J connectivity index is 1.99. The molecule has 0 saturated carbocycles. The van der Waals surface area contributed by atoms with E-state index in [4.69, 9.17) is 9.84 Å². The first-order valence-corrected chi connectivity index (χ1v) is 11.4. The Labute approximate surface area is 190 Å². The highest BCUT2D eigenvalue weighted by atomic mass is 19.1. The molecule has 0 fully saturated rings. The van der Waals surface area contributed by atoms with Gasteiger partial charge in [-0.2, -0.15) is 5.10 Å². The van der Waals surface area contributed by atoms with Crippen LogP contribution < -0.4 is 4.74 Å². The Bertz CT molecular complexity index is 988. The van der Waals surface area contributed by atoms with Gasteiger partial charge in [0, 0.05) is 31.7 Å². The molecule has 0 aliphatic carbocycles. The summed E-state index contributed by atoms with van der Waals surface area (Å²) in [6.07, 6.45) is 2.43. The Hall–Kier alpha value is -2.70. The van der Waals surface area contributed by atoms with Crippen LogP contribution >= 0.6 is 0 Å². The van der Waals surface area contributed by atoms with Gasteiger partial charge in [-0.15, -0.1) is 0 Å². The molecule has 2 aromatic carbocycles. The van der Waals surface area contributed by atoms with Gasteiger partial charge in [-0.3, -0.25) is 4.90 Å². The van der Waals surface area contributed by atoms with Crippen molar-refractivity contribution < 1.29 is 14.2 Å². The molecule has 3 rings (SSSR count). The molecule has 3 aromatic rings. The van der Waals surface area contributed by atoms with E-state index in [0.717, 1.165) is 36.1 Å². The topological polar surface area (TPSA) is 50.5 Å². The molecule has 0 amide bonds. The van der Waals surface area contributed by atoms with E-state index in [1.165, 1.54) is 6.07 Å². The highest BCUT2D eigenvalue weighted by molar-refractivity contribution is 5.65. The fraction of sp³-hybridized carbons (Fsp3) is 0.423. The van der Waals surface area contributed by atoms with Gasteiger partial charge in [0.25, 0.3) is 0 Å². The Morgan fingerprint density at radius 1 is 1.09 bits per heavy atom. The van der Waals surface area contributed by atoms with Gasteiger partial charge in [0.15, 0.2) is 11.6 Å². The summed E-state index contributed by atoms with van der Waals surface area (Å²) in [6.45, 7) is 7.44. The minimum Gasteiger partial charge on any atom is -0.436 e. The quantitative estimate of drug-likeness (QED) is 0.411. The molecular weight excluding hydrogens is 405 g/mol. The van der Waals surface area contributed by atoms with Crippen molar-refractivity contribution >= 4 is 0 Å². The minimum atomic E-state index is -0.420. The normalized spacial score (nSPS) is 12.5. The molecule has 0 aliphatic heterocycles. The van der Waals surface area contributed by atoms with Gasteiger partial charge in [0.2, 0.25) is 5.88 Å². The predicted octanol–water partition coefficient (Wildman–Crippen LogP) is 5.78. The molecule has 0 aliphatic rings. The maximum Gasteiger partial charge on any atom is 0.222 e. The van der Waals surface area contributed by atoms with Crippen molar-refractivity contribution in [3.8, 4) is 22.9 Å². The number of nitrogens with zero attached hydrogens (tertiary/aromatic N) is 3. The van der Waals surface area contributed by atoms with Crippen molar-refractivity contribution in [2.75, 3.05) is 6.54 Å². The highest BCUT2D eigenvalue weighted by Crippen LogP contribution is 2.35. The number of halogens is 1. The lowest BCUT2D eigenvalue weighted by molar-refractivity contribution is 0.0829. The van der Waals surface area contributed by atoms with Crippen molar-refractivity contribution in [1.82, 2.24) is 14.7 Å². The van der Waals surface area contributed by atoms with Gasteiger partial charge in [-0.05, 0) is 32.4 Å². The number of para-hydroxylation sites is 1. The molecule has 0 bridgehead atoms. The maximum atomic E-state index is 14.4. The molecule has 1 atom stereocenters. The third kappa shape index (κ3) is 5.96. The largest absolute Gasteiger partial charge is 0.436 e. The van der Waals surface area contributed by atoms with Crippen molar-refractivity contribution in [1.29, 1.82) is 0 Å². The van der Waals surface area contributed by atoms with Crippen LogP contribution in [-0.2, 0) is 13.6 Å². The second kappa shape index (κ2) is 11.2. The van der Waals surface area contributed by atoms with Crippen molar-refractivity contribution in [3.63, 3.8) is 0 Å². The molecule has 1 aromatic heterocycles. The van der Waals surface area contributed by atoms with E-state index in [0.29, 0.717) is 19.0 Å². The van der Waals surface area contributed by atoms with Crippen molar-refractivity contribution in [3.05, 3.63) is 66.0 Å².